The third kappa shape index (κ3) is 6.39. The van der Waals surface area contributed by atoms with Crippen molar-refractivity contribution < 1.29 is 19.1 Å². The van der Waals surface area contributed by atoms with Crippen LogP contribution in [0.15, 0.2) is 41.8 Å². The fourth-order valence-corrected chi connectivity index (χ4v) is 2.88. The fourth-order valence-electron chi connectivity index (χ4n) is 2.13. The van der Waals surface area contributed by atoms with Crippen LogP contribution < -0.4 is 10.6 Å². The summed E-state index contributed by atoms with van der Waals surface area (Å²) in [6, 6.07) is 10.4. The zero-order chi connectivity index (χ0) is 18.1. The van der Waals surface area contributed by atoms with Gasteiger partial charge < -0.3 is 15.4 Å². The van der Waals surface area contributed by atoms with E-state index in [1.807, 2.05) is 17.5 Å². The number of ether oxygens (including phenoxy) is 1. The van der Waals surface area contributed by atoms with E-state index in [2.05, 4.69) is 10.6 Å². The molecule has 0 unspecified atom stereocenters. The predicted molar refractivity (Wildman–Crippen MR) is 96.7 cm³/mol. The van der Waals surface area contributed by atoms with E-state index >= 15 is 0 Å². The van der Waals surface area contributed by atoms with Gasteiger partial charge in [0, 0.05) is 29.6 Å². The maximum absolute atomic E-state index is 11.8. The zero-order valence-corrected chi connectivity index (χ0v) is 14.7. The Labute approximate surface area is 150 Å². The second-order valence-electron chi connectivity index (χ2n) is 5.30. The first kappa shape index (κ1) is 18.7. The average Bonchev–Trinajstić information content (AvgIpc) is 3.13. The number of rotatable bonds is 8. The summed E-state index contributed by atoms with van der Waals surface area (Å²) in [5.41, 5.74) is 1.03. The first-order valence-corrected chi connectivity index (χ1v) is 8.76. The van der Waals surface area contributed by atoms with Gasteiger partial charge in [0.25, 0.3) is 11.8 Å². The van der Waals surface area contributed by atoms with E-state index in [-0.39, 0.29) is 24.9 Å². The molecule has 0 fully saturated rings. The summed E-state index contributed by atoms with van der Waals surface area (Å²) < 4.78 is 4.96. The highest BCUT2D eigenvalue weighted by atomic mass is 32.1. The highest BCUT2D eigenvalue weighted by Gasteiger charge is 2.09. The van der Waals surface area contributed by atoms with Crippen molar-refractivity contribution in [1.82, 2.24) is 5.32 Å². The highest BCUT2D eigenvalue weighted by molar-refractivity contribution is 7.09. The maximum Gasteiger partial charge on any atom is 0.306 e. The molecule has 1 aromatic heterocycles. The molecular formula is C18H20N2O4S. The van der Waals surface area contributed by atoms with Gasteiger partial charge in [0.15, 0.2) is 6.61 Å². The van der Waals surface area contributed by atoms with Crippen molar-refractivity contribution in [2.45, 2.75) is 19.3 Å². The lowest BCUT2D eigenvalue weighted by Gasteiger charge is -2.07. The third-order valence-electron chi connectivity index (χ3n) is 3.41. The van der Waals surface area contributed by atoms with Gasteiger partial charge in [-0.05, 0) is 48.6 Å². The lowest BCUT2D eigenvalue weighted by atomic mass is 10.2. The lowest BCUT2D eigenvalue weighted by Crippen LogP contribution is -2.21. The molecule has 6 nitrogen and oxygen atoms in total. The van der Waals surface area contributed by atoms with Crippen molar-refractivity contribution in [3.63, 3.8) is 0 Å². The smallest absolute Gasteiger partial charge is 0.306 e. The van der Waals surface area contributed by atoms with Crippen LogP contribution >= 0.6 is 11.3 Å². The molecule has 0 radical (unpaired) electrons. The lowest BCUT2D eigenvalue weighted by molar-refractivity contribution is -0.147. The van der Waals surface area contributed by atoms with Crippen LogP contribution in [0.4, 0.5) is 5.69 Å². The molecule has 0 aliphatic rings. The summed E-state index contributed by atoms with van der Waals surface area (Å²) in [4.78, 5) is 36.1. The zero-order valence-electron chi connectivity index (χ0n) is 13.9. The summed E-state index contributed by atoms with van der Waals surface area (Å²) in [7, 11) is 1.55. The SMILES string of the molecule is CNC(=O)c1ccc(NC(=O)COC(=O)CCCc2cccs2)cc1. The Morgan fingerprint density at radius 2 is 1.88 bits per heavy atom. The molecule has 2 amide bonds. The molecule has 0 aliphatic heterocycles. The van der Waals surface area contributed by atoms with E-state index < -0.39 is 5.91 Å². The minimum atomic E-state index is -0.417. The third-order valence-corrected chi connectivity index (χ3v) is 4.34. The van der Waals surface area contributed by atoms with Gasteiger partial charge in [-0.3, -0.25) is 14.4 Å². The van der Waals surface area contributed by atoms with Crippen LogP contribution in [0.25, 0.3) is 0 Å². The van der Waals surface area contributed by atoms with Gasteiger partial charge in [0.2, 0.25) is 0 Å². The minimum absolute atomic E-state index is 0.200. The summed E-state index contributed by atoms with van der Waals surface area (Å²) in [6.07, 6.45) is 1.81. The molecule has 0 spiro atoms. The Hall–Kier alpha value is -2.67. The summed E-state index contributed by atoms with van der Waals surface area (Å²) >= 11 is 1.66. The summed E-state index contributed by atoms with van der Waals surface area (Å²) in [5, 5.41) is 7.13. The number of esters is 1. The predicted octanol–water partition coefficient (Wildman–Crippen LogP) is 2.61. The van der Waals surface area contributed by atoms with E-state index in [4.69, 9.17) is 4.74 Å². The number of hydrogen-bond acceptors (Lipinski definition) is 5. The Kier molecular flexibility index (Phi) is 7.16. The number of hydrogen-bond donors (Lipinski definition) is 2. The standard InChI is InChI=1S/C18H20N2O4S/c1-19-18(23)13-7-9-14(10-8-13)20-16(21)12-24-17(22)6-2-4-15-5-3-11-25-15/h3,5,7-11H,2,4,6,12H2,1H3,(H,19,23)(H,20,21). The van der Waals surface area contributed by atoms with Crippen LogP contribution in [0.5, 0.6) is 0 Å². The van der Waals surface area contributed by atoms with Crippen LogP contribution in [0, 0.1) is 0 Å². The van der Waals surface area contributed by atoms with Crippen molar-refractivity contribution in [1.29, 1.82) is 0 Å². The number of carbonyl (C=O) groups excluding carboxylic acids is 3. The van der Waals surface area contributed by atoms with Crippen LogP contribution in [-0.4, -0.2) is 31.4 Å². The average molecular weight is 360 g/mol. The molecule has 0 saturated heterocycles. The number of thiophene rings is 1. The van der Waals surface area contributed by atoms with Gasteiger partial charge in [-0.15, -0.1) is 11.3 Å². The second-order valence-corrected chi connectivity index (χ2v) is 6.33. The van der Waals surface area contributed by atoms with Gasteiger partial charge in [-0.1, -0.05) is 6.07 Å². The van der Waals surface area contributed by atoms with Gasteiger partial charge in [0.05, 0.1) is 0 Å². The Bertz CT molecular complexity index is 711. The quantitative estimate of drug-likeness (QED) is 0.709. The minimum Gasteiger partial charge on any atom is -0.456 e. The molecule has 0 aliphatic carbocycles. The van der Waals surface area contributed by atoms with Gasteiger partial charge in [0.1, 0.15) is 0 Å². The van der Waals surface area contributed by atoms with Crippen molar-refractivity contribution in [2.75, 3.05) is 19.0 Å². The molecule has 2 N–H and O–H groups in total. The molecule has 0 saturated carbocycles. The number of carbonyl (C=O) groups is 3. The van der Waals surface area contributed by atoms with Crippen LogP contribution in [-0.2, 0) is 20.7 Å². The Balaban J connectivity index is 1.67. The van der Waals surface area contributed by atoms with E-state index in [9.17, 15) is 14.4 Å². The van der Waals surface area contributed by atoms with E-state index in [1.165, 1.54) is 4.88 Å². The van der Waals surface area contributed by atoms with E-state index in [0.29, 0.717) is 17.7 Å². The molecule has 2 rings (SSSR count). The monoisotopic (exact) mass is 360 g/mol. The molecule has 0 bridgehead atoms. The molecule has 1 aromatic carbocycles. The van der Waals surface area contributed by atoms with Crippen molar-refractivity contribution in [3.05, 3.63) is 52.2 Å². The number of nitrogens with one attached hydrogen (secondary N) is 2. The summed E-state index contributed by atoms with van der Waals surface area (Å²) in [6.45, 7) is -0.324. The van der Waals surface area contributed by atoms with E-state index in [0.717, 1.165) is 6.42 Å². The van der Waals surface area contributed by atoms with Crippen LogP contribution in [0.3, 0.4) is 0 Å². The molecule has 0 atom stereocenters. The number of anilines is 1. The molecule has 132 valence electrons. The van der Waals surface area contributed by atoms with Crippen LogP contribution in [0.2, 0.25) is 0 Å². The topological polar surface area (TPSA) is 84.5 Å². The first-order valence-electron chi connectivity index (χ1n) is 7.88. The van der Waals surface area contributed by atoms with Gasteiger partial charge in [-0.25, -0.2) is 0 Å². The van der Waals surface area contributed by atoms with Gasteiger partial charge in [-0.2, -0.15) is 0 Å². The molecule has 7 heteroatoms. The first-order chi connectivity index (χ1) is 12.1. The molecule has 1 heterocycles. The van der Waals surface area contributed by atoms with Crippen molar-refractivity contribution in [2.24, 2.45) is 0 Å². The number of aryl methyl sites for hydroxylation is 1. The van der Waals surface area contributed by atoms with Crippen molar-refractivity contribution in [3.8, 4) is 0 Å². The molecular weight excluding hydrogens is 340 g/mol. The van der Waals surface area contributed by atoms with E-state index in [1.54, 1.807) is 42.6 Å². The van der Waals surface area contributed by atoms with Crippen molar-refractivity contribution >= 4 is 34.8 Å². The van der Waals surface area contributed by atoms with Gasteiger partial charge >= 0.3 is 5.97 Å². The Morgan fingerprint density at radius 1 is 1.12 bits per heavy atom. The number of benzene rings is 1. The fraction of sp³-hybridized carbons (Fsp3) is 0.278. The maximum atomic E-state index is 11.8. The highest BCUT2D eigenvalue weighted by Crippen LogP contribution is 2.12. The largest absolute Gasteiger partial charge is 0.456 e. The molecule has 2 aromatic rings. The molecule has 25 heavy (non-hydrogen) atoms. The summed E-state index contributed by atoms with van der Waals surface area (Å²) in [5.74, 6) is -1.00. The number of amides is 2. The van der Waals surface area contributed by atoms with Crippen LogP contribution in [0.1, 0.15) is 28.1 Å². The Morgan fingerprint density at radius 3 is 2.52 bits per heavy atom. The normalized spacial score (nSPS) is 10.1. The second kappa shape index (κ2) is 9.58.